The molecule has 0 saturated heterocycles. The molecule has 0 saturated carbocycles. The van der Waals surface area contributed by atoms with Gasteiger partial charge >= 0.3 is 0 Å². The van der Waals surface area contributed by atoms with E-state index in [0.29, 0.717) is 0 Å². The SMILES string of the molecule is [O].c1ccc(Oc2ccccc2)cc1. The third-order valence-electron chi connectivity index (χ3n) is 1.72. The van der Waals surface area contributed by atoms with Gasteiger partial charge in [-0.25, -0.2) is 0 Å². The van der Waals surface area contributed by atoms with E-state index < -0.39 is 0 Å². The molecule has 70 valence electrons. The largest absolute Gasteiger partial charge is 0.457 e. The van der Waals surface area contributed by atoms with E-state index >= 15 is 0 Å². The molecule has 2 radical (unpaired) electrons. The summed E-state index contributed by atoms with van der Waals surface area (Å²) >= 11 is 0. The van der Waals surface area contributed by atoms with Crippen molar-refractivity contribution in [2.75, 3.05) is 0 Å². The highest BCUT2D eigenvalue weighted by Gasteiger charge is 1.92. The Kier molecular flexibility index (Phi) is 3.70. The maximum Gasteiger partial charge on any atom is 0.127 e. The zero-order chi connectivity index (χ0) is 8.93. The van der Waals surface area contributed by atoms with Crippen molar-refractivity contribution in [3.8, 4) is 11.5 Å². The molecule has 0 N–H and O–H groups in total. The van der Waals surface area contributed by atoms with Gasteiger partial charge in [-0.2, -0.15) is 0 Å². The molecule has 0 bridgehead atoms. The molecule has 2 aromatic rings. The Bertz CT molecular complexity index is 319. The van der Waals surface area contributed by atoms with Crippen LogP contribution >= 0.6 is 0 Å². The van der Waals surface area contributed by atoms with E-state index in [1.807, 2.05) is 60.7 Å². The highest BCUT2D eigenvalue weighted by atomic mass is 16.5. The van der Waals surface area contributed by atoms with Crippen LogP contribution in [0.5, 0.6) is 11.5 Å². The van der Waals surface area contributed by atoms with Gasteiger partial charge in [0.2, 0.25) is 0 Å². The lowest BCUT2D eigenvalue weighted by Crippen LogP contribution is -1.81. The molecule has 14 heavy (non-hydrogen) atoms. The van der Waals surface area contributed by atoms with Gasteiger partial charge < -0.3 is 4.74 Å². The quantitative estimate of drug-likeness (QED) is 0.708. The lowest BCUT2D eigenvalue weighted by molar-refractivity contribution is 0.482. The molecule has 0 spiro atoms. The monoisotopic (exact) mass is 186 g/mol. The summed E-state index contributed by atoms with van der Waals surface area (Å²) in [6.45, 7) is 0. The smallest absolute Gasteiger partial charge is 0.127 e. The van der Waals surface area contributed by atoms with E-state index in [2.05, 4.69) is 0 Å². The minimum atomic E-state index is 0. The van der Waals surface area contributed by atoms with Crippen LogP contribution < -0.4 is 4.74 Å². The third-order valence-corrected chi connectivity index (χ3v) is 1.72. The molecule has 0 aliphatic carbocycles. The van der Waals surface area contributed by atoms with Crippen LogP contribution in [0.1, 0.15) is 0 Å². The molecule has 2 aromatic carbocycles. The number of hydrogen-bond acceptors (Lipinski definition) is 1. The number of ether oxygens (including phenoxy) is 1. The summed E-state index contributed by atoms with van der Waals surface area (Å²) in [5, 5.41) is 0. The zero-order valence-corrected chi connectivity index (χ0v) is 7.59. The molecule has 0 atom stereocenters. The summed E-state index contributed by atoms with van der Waals surface area (Å²) in [6, 6.07) is 19.5. The fourth-order valence-electron chi connectivity index (χ4n) is 1.11. The maximum absolute atomic E-state index is 5.58. The second kappa shape index (κ2) is 5.04. The van der Waals surface area contributed by atoms with Crippen LogP contribution in [0, 0.1) is 0 Å². The molecule has 0 heterocycles. The van der Waals surface area contributed by atoms with Crippen molar-refractivity contribution in [1.82, 2.24) is 0 Å². The fraction of sp³-hybridized carbons (Fsp3) is 0. The van der Waals surface area contributed by atoms with Gasteiger partial charge in [-0.1, -0.05) is 36.4 Å². The average Bonchev–Trinajstić information content (AvgIpc) is 2.21. The molecule has 2 heteroatoms. The van der Waals surface area contributed by atoms with Crippen LogP contribution in [-0.2, 0) is 5.48 Å². The first kappa shape index (κ1) is 10.3. The summed E-state index contributed by atoms with van der Waals surface area (Å²) < 4.78 is 5.58. The Morgan fingerprint density at radius 2 is 0.929 bits per heavy atom. The fourth-order valence-corrected chi connectivity index (χ4v) is 1.11. The van der Waals surface area contributed by atoms with E-state index in [4.69, 9.17) is 4.74 Å². The van der Waals surface area contributed by atoms with Gasteiger partial charge in [0, 0.05) is 5.48 Å². The predicted molar refractivity (Wildman–Crippen MR) is 53.6 cm³/mol. The normalized spacial score (nSPS) is 8.86. The molecule has 0 aliphatic rings. The van der Waals surface area contributed by atoms with Gasteiger partial charge in [-0.05, 0) is 24.3 Å². The molecule has 0 fully saturated rings. The molecular weight excluding hydrogens is 176 g/mol. The van der Waals surface area contributed by atoms with Crippen LogP contribution in [0.15, 0.2) is 60.7 Å². The van der Waals surface area contributed by atoms with Gasteiger partial charge in [0.1, 0.15) is 11.5 Å². The second-order valence-electron chi connectivity index (χ2n) is 2.73. The number of hydrogen-bond donors (Lipinski definition) is 0. The van der Waals surface area contributed by atoms with Crippen LogP contribution in [0.4, 0.5) is 0 Å². The van der Waals surface area contributed by atoms with Gasteiger partial charge in [-0.15, -0.1) is 0 Å². The van der Waals surface area contributed by atoms with E-state index in [-0.39, 0.29) is 5.48 Å². The van der Waals surface area contributed by atoms with Crippen molar-refractivity contribution < 1.29 is 10.2 Å². The first-order chi connectivity index (χ1) is 6.45. The van der Waals surface area contributed by atoms with Crippen LogP contribution in [-0.4, -0.2) is 0 Å². The molecule has 2 rings (SSSR count). The van der Waals surface area contributed by atoms with Crippen molar-refractivity contribution in [3.05, 3.63) is 60.7 Å². The Morgan fingerprint density at radius 3 is 1.29 bits per heavy atom. The Balaban J connectivity index is 0.000000980. The topological polar surface area (TPSA) is 37.7 Å². The summed E-state index contributed by atoms with van der Waals surface area (Å²) in [4.78, 5) is 0. The first-order valence-electron chi connectivity index (χ1n) is 4.23. The number of benzene rings is 2. The van der Waals surface area contributed by atoms with Crippen LogP contribution in [0.25, 0.3) is 0 Å². The van der Waals surface area contributed by atoms with Crippen molar-refractivity contribution in [3.63, 3.8) is 0 Å². The van der Waals surface area contributed by atoms with E-state index in [0.717, 1.165) is 11.5 Å². The van der Waals surface area contributed by atoms with Crippen LogP contribution in [0.2, 0.25) is 0 Å². The van der Waals surface area contributed by atoms with Crippen molar-refractivity contribution >= 4 is 0 Å². The number of rotatable bonds is 2. The van der Waals surface area contributed by atoms with E-state index in [1.54, 1.807) is 0 Å². The molecule has 0 unspecified atom stereocenters. The summed E-state index contributed by atoms with van der Waals surface area (Å²) in [7, 11) is 0. The first-order valence-corrected chi connectivity index (χ1v) is 4.23. The predicted octanol–water partition coefficient (Wildman–Crippen LogP) is 3.36. The standard InChI is InChI=1S/C12H10O.O/c1-3-7-11(8-4-1)13-12-9-5-2-6-10-12;/h1-10H;. The minimum Gasteiger partial charge on any atom is -0.457 e. The lowest BCUT2D eigenvalue weighted by atomic mass is 10.3. The lowest BCUT2D eigenvalue weighted by Gasteiger charge is -2.03. The maximum atomic E-state index is 5.58. The van der Waals surface area contributed by atoms with Crippen molar-refractivity contribution in [2.45, 2.75) is 0 Å². The summed E-state index contributed by atoms with van der Waals surface area (Å²) in [5.41, 5.74) is 0. The molecule has 2 nitrogen and oxygen atoms in total. The molecular formula is C12H10O2. The average molecular weight is 186 g/mol. The molecule has 0 aliphatic heterocycles. The second-order valence-corrected chi connectivity index (χ2v) is 2.73. The van der Waals surface area contributed by atoms with Gasteiger partial charge in [0.25, 0.3) is 0 Å². The van der Waals surface area contributed by atoms with Crippen molar-refractivity contribution in [1.29, 1.82) is 0 Å². The molecule has 0 aromatic heterocycles. The van der Waals surface area contributed by atoms with Gasteiger partial charge in [0.05, 0.1) is 0 Å². The Morgan fingerprint density at radius 1 is 0.571 bits per heavy atom. The zero-order valence-electron chi connectivity index (χ0n) is 7.59. The Hall–Kier alpha value is -1.80. The van der Waals surface area contributed by atoms with E-state index in [9.17, 15) is 0 Å². The minimum absolute atomic E-state index is 0. The van der Waals surface area contributed by atoms with Gasteiger partial charge in [0.15, 0.2) is 0 Å². The Labute approximate surface area is 83.1 Å². The third kappa shape index (κ3) is 2.61. The van der Waals surface area contributed by atoms with E-state index in [1.165, 1.54) is 0 Å². The number of para-hydroxylation sites is 2. The van der Waals surface area contributed by atoms with Crippen LogP contribution in [0.3, 0.4) is 0 Å². The summed E-state index contributed by atoms with van der Waals surface area (Å²) in [6.07, 6.45) is 0. The highest BCUT2D eigenvalue weighted by Crippen LogP contribution is 2.19. The van der Waals surface area contributed by atoms with Crippen molar-refractivity contribution in [2.24, 2.45) is 0 Å². The summed E-state index contributed by atoms with van der Waals surface area (Å²) in [5.74, 6) is 1.74. The molecule has 0 amide bonds. The van der Waals surface area contributed by atoms with Gasteiger partial charge in [-0.3, -0.25) is 0 Å². The highest BCUT2D eigenvalue weighted by molar-refractivity contribution is 5.30.